The highest BCUT2D eigenvalue weighted by Gasteiger charge is 2.00. The van der Waals surface area contributed by atoms with Gasteiger partial charge in [0.25, 0.3) is 0 Å². The van der Waals surface area contributed by atoms with Crippen molar-refractivity contribution < 1.29 is 14.6 Å². The standard InChI is InChI=1S/C14H20O3/c1-12-10-13(11-16)6-7-14(12)17-9-5-3-2-4-8-15/h6-7,10-11,15H,2-5,8-9H2,1H3. The first-order valence-electron chi connectivity index (χ1n) is 6.07. The molecule has 1 aromatic rings. The normalized spacial score (nSPS) is 10.2. The van der Waals surface area contributed by atoms with E-state index in [9.17, 15) is 4.79 Å². The summed E-state index contributed by atoms with van der Waals surface area (Å²) in [5, 5.41) is 8.63. The quantitative estimate of drug-likeness (QED) is 0.557. The molecule has 0 radical (unpaired) electrons. The summed E-state index contributed by atoms with van der Waals surface area (Å²) in [7, 11) is 0. The molecule has 0 spiro atoms. The van der Waals surface area contributed by atoms with E-state index in [0.29, 0.717) is 12.2 Å². The highest BCUT2D eigenvalue weighted by molar-refractivity contribution is 5.75. The number of ether oxygens (including phenoxy) is 1. The number of aldehydes is 1. The number of carbonyl (C=O) groups excluding carboxylic acids is 1. The Labute approximate surface area is 102 Å². The number of unbranched alkanes of at least 4 members (excludes halogenated alkanes) is 3. The number of benzene rings is 1. The van der Waals surface area contributed by atoms with Crippen LogP contribution in [-0.2, 0) is 0 Å². The number of aliphatic hydroxyl groups is 1. The number of carbonyl (C=O) groups is 1. The molecule has 1 rings (SSSR count). The van der Waals surface area contributed by atoms with Crippen LogP contribution < -0.4 is 4.74 Å². The topological polar surface area (TPSA) is 46.5 Å². The van der Waals surface area contributed by atoms with Crippen molar-refractivity contribution in [2.24, 2.45) is 0 Å². The second-order valence-electron chi connectivity index (χ2n) is 4.13. The fraction of sp³-hybridized carbons (Fsp3) is 0.500. The Hall–Kier alpha value is -1.35. The van der Waals surface area contributed by atoms with Gasteiger partial charge in [-0.15, -0.1) is 0 Å². The monoisotopic (exact) mass is 236 g/mol. The van der Waals surface area contributed by atoms with E-state index in [1.54, 1.807) is 6.07 Å². The SMILES string of the molecule is Cc1cc(C=O)ccc1OCCCCCCO. The third kappa shape index (κ3) is 5.00. The average molecular weight is 236 g/mol. The largest absolute Gasteiger partial charge is 0.493 e. The van der Waals surface area contributed by atoms with Crippen LogP contribution in [0.2, 0.25) is 0 Å². The molecular weight excluding hydrogens is 216 g/mol. The molecule has 0 atom stereocenters. The van der Waals surface area contributed by atoms with Gasteiger partial charge in [0.05, 0.1) is 6.61 Å². The van der Waals surface area contributed by atoms with Gasteiger partial charge in [0.2, 0.25) is 0 Å². The second-order valence-corrected chi connectivity index (χ2v) is 4.13. The molecule has 0 unspecified atom stereocenters. The molecule has 3 nitrogen and oxygen atoms in total. The second kappa shape index (κ2) is 7.85. The number of hydrogen-bond acceptors (Lipinski definition) is 3. The van der Waals surface area contributed by atoms with E-state index in [-0.39, 0.29) is 6.61 Å². The maximum Gasteiger partial charge on any atom is 0.150 e. The van der Waals surface area contributed by atoms with Gasteiger partial charge in [-0.1, -0.05) is 6.42 Å². The smallest absolute Gasteiger partial charge is 0.150 e. The summed E-state index contributed by atoms with van der Waals surface area (Å²) in [6.07, 6.45) is 4.82. The van der Waals surface area contributed by atoms with Gasteiger partial charge < -0.3 is 9.84 Å². The van der Waals surface area contributed by atoms with E-state index < -0.39 is 0 Å². The van der Waals surface area contributed by atoms with Crippen LogP contribution in [0.25, 0.3) is 0 Å². The lowest BCUT2D eigenvalue weighted by molar-refractivity contribution is 0.112. The predicted octanol–water partition coefficient (Wildman–Crippen LogP) is 2.74. The third-order valence-corrected chi connectivity index (χ3v) is 2.65. The fourth-order valence-corrected chi connectivity index (χ4v) is 1.66. The van der Waals surface area contributed by atoms with Crippen molar-refractivity contribution in [1.82, 2.24) is 0 Å². The molecule has 94 valence electrons. The number of aliphatic hydroxyl groups excluding tert-OH is 1. The first-order chi connectivity index (χ1) is 8.27. The molecular formula is C14H20O3. The lowest BCUT2D eigenvalue weighted by Crippen LogP contribution is -1.99. The third-order valence-electron chi connectivity index (χ3n) is 2.65. The van der Waals surface area contributed by atoms with Gasteiger partial charge in [-0.2, -0.15) is 0 Å². The van der Waals surface area contributed by atoms with E-state index in [4.69, 9.17) is 9.84 Å². The van der Waals surface area contributed by atoms with Gasteiger partial charge in [-0.25, -0.2) is 0 Å². The number of hydrogen-bond donors (Lipinski definition) is 1. The molecule has 0 saturated heterocycles. The van der Waals surface area contributed by atoms with Crippen LogP contribution in [0.1, 0.15) is 41.6 Å². The molecule has 0 aliphatic carbocycles. The molecule has 0 heterocycles. The van der Waals surface area contributed by atoms with Crippen molar-refractivity contribution >= 4 is 6.29 Å². The fourth-order valence-electron chi connectivity index (χ4n) is 1.66. The molecule has 0 amide bonds. The lowest BCUT2D eigenvalue weighted by Gasteiger charge is -2.09. The summed E-state index contributed by atoms with van der Waals surface area (Å²) in [6, 6.07) is 5.43. The van der Waals surface area contributed by atoms with Gasteiger partial charge >= 0.3 is 0 Å². The summed E-state index contributed by atoms with van der Waals surface area (Å²) >= 11 is 0. The summed E-state index contributed by atoms with van der Waals surface area (Å²) in [5.74, 6) is 0.845. The molecule has 17 heavy (non-hydrogen) atoms. The summed E-state index contributed by atoms with van der Waals surface area (Å²) in [5.41, 5.74) is 1.67. The van der Waals surface area contributed by atoms with Crippen LogP contribution in [0.15, 0.2) is 18.2 Å². The molecule has 1 N–H and O–H groups in total. The zero-order chi connectivity index (χ0) is 12.5. The Morgan fingerprint density at radius 1 is 1.24 bits per heavy atom. The molecule has 0 aliphatic heterocycles. The van der Waals surface area contributed by atoms with Gasteiger partial charge in [-0.05, 0) is 49.9 Å². The Morgan fingerprint density at radius 3 is 2.65 bits per heavy atom. The van der Waals surface area contributed by atoms with Gasteiger partial charge in [0.1, 0.15) is 12.0 Å². The van der Waals surface area contributed by atoms with Gasteiger partial charge in [0.15, 0.2) is 0 Å². The Kier molecular flexibility index (Phi) is 6.33. The molecule has 0 aromatic heterocycles. The Morgan fingerprint density at radius 2 is 2.00 bits per heavy atom. The maximum absolute atomic E-state index is 10.6. The first kappa shape index (κ1) is 13.7. The first-order valence-corrected chi connectivity index (χ1v) is 6.07. The van der Waals surface area contributed by atoms with Crippen molar-refractivity contribution in [3.8, 4) is 5.75 Å². The van der Waals surface area contributed by atoms with E-state index >= 15 is 0 Å². The van der Waals surface area contributed by atoms with E-state index in [2.05, 4.69) is 0 Å². The van der Waals surface area contributed by atoms with Crippen LogP contribution in [0.3, 0.4) is 0 Å². The molecule has 1 aromatic carbocycles. The Bertz CT molecular complexity index is 347. The van der Waals surface area contributed by atoms with E-state index in [1.807, 2.05) is 19.1 Å². The van der Waals surface area contributed by atoms with Gasteiger partial charge in [-0.3, -0.25) is 4.79 Å². The van der Waals surface area contributed by atoms with Crippen molar-refractivity contribution in [3.63, 3.8) is 0 Å². The molecule has 0 fully saturated rings. The highest BCUT2D eigenvalue weighted by atomic mass is 16.5. The zero-order valence-electron chi connectivity index (χ0n) is 10.3. The summed E-state index contributed by atoms with van der Waals surface area (Å²) in [4.78, 5) is 10.6. The summed E-state index contributed by atoms with van der Waals surface area (Å²) in [6.45, 7) is 2.90. The van der Waals surface area contributed by atoms with Crippen LogP contribution in [0.4, 0.5) is 0 Å². The summed E-state index contributed by atoms with van der Waals surface area (Å²) < 4.78 is 5.64. The maximum atomic E-state index is 10.6. The van der Waals surface area contributed by atoms with Crippen molar-refractivity contribution in [2.45, 2.75) is 32.6 Å². The minimum absolute atomic E-state index is 0.271. The minimum atomic E-state index is 0.271. The average Bonchev–Trinajstić information content (AvgIpc) is 2.35. The molecule has 0 saturated carbocycles. The van der Waals surface area contributed by atoms with Crippen LogP contribution in [0, 0.1) is 6.92 Å². The molecule has 0 aliphatic rings. The highest BCUT2D eigenvalue weighted by Crippen LogP contribution is 2.18. The van der Waals surface area contributed by atoms with Crippen LogP contribution >= 0.6 is 0 Å². The van der Waals surface area contributed by atoms with Crippen molar-refractivity contribution in [2.75, 3.05) is 13.2 Å². The molecule has 0 bridgehead atoms. The number of aryl methyl sites for hydroxylation is 1. The van der Waals surface area contributed by atoms with Crippen LogP contribution in [-0.4, -0.2) is 24.6 Å². The van der Waals surface area contributed by atoms with Crippen molar-refractivity contribution in [3.05, 3.63) is 29.3 Å². The lowest BCUT2D eigenvalue weighted by atomic mass is 10.1. The Balaban J connectivity index is 2.29. The molecule has 3 heteroatoms. The van der Waals surface area contributed by atoms with E-state index in [0.717, 1.165) is 43.3 Å². The van der Waals surface area contributed by atoms with Crippen LogP contribution in [0.5, 0.6) is 5.75 Å². The predicted molar refractivity (Wildman–Crippen MR) is 67.6 cm³/mol. The van der Waals surface area contributed by atoms with Gasteiger partial charge in [0, 0.05) is 12.2 Å². The van der Waals surface area contributed by atoms with E-state index in [1.165, 1.54) is 0 Å². The zero-order valence-corrected chi connectivity index (χ0v) is 10.3. The van der Waals surface area contributed by atoms with Crippen molar-refractivity contribution in [1.29, 1.82) is 0 Å². The number of rotatable bonds is 8. The minimum Gasteiger partial charge on any atom is -0.493 e.